The zero-order chi connectivity index (χ0) is 17.1. The van der Waals surface area contributed by atoms with E-state index in [0.29, 0.717) is 11.3 Å². The highest BCUT2D eigenvalue weighted by molar-refractivity contribution is 5.77. The van der Waals surface area contributed by atoms with Gasteiger partial charge in [-0.15, -0.1) is 0 Å². The number of hydrogen-bond donors (Lipinski definition) is 1. The number of nitrogens with zero attached hydrogens (tertiary/aromatic N) is 2. The fraction of sp³-hybridized carbons (Fsp3) is 0.667. The van der Waals surface area contributed by atoms with Gasteiger partial charge in [-0.2, -0.15) is 0 Å². The predicted molar refractivity (Wildman–Crippen MR) is 100 cm³/mol. The molecule has 1 spiro atoms. The maximum Gasteiger partial charge on any atom is 0.222 e. The first-order chi connectivity index (χ1) is 12.2. The Hall–Kier alpha value is -1.39. The summed E-state index contributed by atoms with van der Waals surface area (Å²) in [6.45, 7) is 6.48. The van der Waals surface area contributed by atoms with Crippen LogP contribution in [0.4, 0.5) is 0 Å². The van der Waals surface area contributed by atoms with Crippen LogP contribution < -0.4 is 5.32 Å². The highest BCUT2D eigenvalue weighted by Gasteiger charge is 2.42. The summed E-state index contributed by atoms with van der Waals surface area (Å²) in [5, 5.41) is 3.49. The van der Waals surface area contributed by atoms with Gasteiger partial charge in [0.05, 0.1) is 0 Å². The smallest absolute Gasteiger partial charge is 0.222 e. The average molecular weight is 341 g/mol. The first kappa shape index (κ1) is 17.0. The Balaban J connectivity index is 1.44. The lowest BCUT2D eigenvalue weighted by Gasteiger charge is -2.50. The molecule has 0 aliphatic carbocycles. The largest absolute Gasteiger partial charge is 0.338 e. The number of carbonyl (C=O) groups excluding carboxylic acids is 1. The Kier molecular flexibility index (Phi) is 5.09. The first-order valence-corrected chi connectivity index (χ1v) is 10.0. The second kappa shape index (κ2) is 7.46. The summed E-state index contributed by atoms with van der Waals surface area (Å²) < 4.78 is 0. The molecule has 3 aliphatic rings. The van der Waals surface area contributed by atoms with Gasteiger partial charge in [-0.3, -0.25) is 9.69 Å². The molecule has 3 saturated heterocycles. The SMILES string of the molecule is O=C1CC[C@]2(CCCN(C3CCNCC3)C2)CN1Cc1ccccc1. The Labute approximate surface area is 151 Å². The molecule has 1 amide bonds. The van der Waals surface area contributed by atoms with Crippen LogP contribution in [-0.4, -0.2) is 54.5 Å². The molecule has 0 unspecified atom stereocenters. The Bertz CT molecular complexity index is 584. The van der Waals surface area contributed by atoms with E-state index in [1.807, 2.05) is 6.07 Å². The first-order valence-electron chi connectivity index (χ1n) is 10.0. The van der Waals surface area contributed by atoms with E-state index >= 15 is 0 Å². The number of nitrogens with one attached hydrogen (secondary N) is 1. The van der Waals surface area contributed by atoms with E-state index in [-0.39, 0.29) is 0 Å². The van der Waals surface area contributed by atoms with Gasteiger partial charge >= 0.3 is 0 Å². The van der Waals surface area contributed by atoms with Gasteiger partial charge < -0.3 is 10.2 Å². The van der Waals surface area contributed by atoms with E-state index in [0.717, 1.165) is 45.1 Å². The van der Waals surface area contributed by atoms with Gasteiger partial charge in [0.1, 0.15) is 0 Å². The Morgan fingerprint density at radius 2 is 1.88 bits per heavy atom. The number of likely N-dealkylation sites (tertiary alicyclic amines) is 2. The Morgan fingerprint density at radius 3 is 2.68 bits per heavy atom. The second-order valence-corrected chi connectivity index (χ2v) is 8.29. The van der Waals surface area contributed by atoms with Crippen molar-refractivity contribution in [1.29, 1.82) is 0 Å². The third-order valence-electron chi connectivity index (χ3n) is 6.48. The molecule has 0 saturated carbocycles. The third-order valence-corrected chi connectivity index (χ3v) is 6.48. The van der Waals surface area contributed by atoms with Crippen LogP contribution in [0, 0.1) is 5.41 Å². The maximum atomic E-state index is 12.5. The van der Waals surface area contributed by atoms with Crippen LogP contribution in [0.25, 0.3) is 0 Å². The lowest BCUT2D eigenvalue weighted by atomic mass is 9.73. The van der Waals surface area contributed by atoms with Crippen molar-refractivity contribution in [2.24, 2.45) is 5.41 Å². The van der Waals surface area contributed by atoms with E-state index in [1.165, 1.54) is 44.3 Å². The van der Waals surface area contributed by atoms with Gasteiger partial charge in [-0.1, -0.05) is 30.3 Å². The van der Waals surface area contributed by atoms with Gasteiger partial charge in [0.2, 0.25) is 5.91 Å². The number of amides is 1. The summed E-state index contributed by atoms with van der Waals surface area (Å²) in [6, 6.07) is 11.2. The molecule has 3 fully saturated rings. The van der Waals surface area contributed by atoms with Crippen LogP contribution >= 0.6 is 0 Å². The molecule has 1 aromatic carbocycles. The lowest BCUT2D eigenvalue weighted by molar-refractivity contribution is -0.140. The molecule has 1 aromatic rings. The van der Waals surface area contributed by atoms with Crippen LogP contribution in [0.1, 0.15) is 44.1 Å². The van der Waals surface area contributed by atoms with Crippen molar-refractivity contribution in [1.82, 2.24) is 15.1 Å². The zero-order valence-corrected chi connectivity index (χ0v) is 15.3. The minimum absolute atomic E-state index is 0.325. The maximum absolute atomic E-state index is 12.5. The van der Waals surface area contributed by atoms with E-state index in [1.54, 1.807) is 0 Å². The van der Waals surface area contributed by atoms with Gasteiger partial charge in [-0.25, -0.2) is 0 Å². The van der Waals surface area contributed by atoms with Gasteiger partial charge in [0.15, 0.2) is 0 Å². The third kappa shape index (κ3) is 3.90. The highest BCUT2D eigenvalue weighted by Crippen LogP contribution is 2.40. The molecule has 4 nitrogen and oxygen atoms in total. The summed E-state index contributed by atoms with van der Waals surface area (Å²) in [7, 11) is 0. The molecule has 0 aromatic heterocycles. The van der Waals surface area contributed by atoms with Crippen molar-refractivity contribution in [2.75, 3.05) is 32.7 Å². The molecule has 0 bridgehead atoms. The predicted octanol–water partition coefficient (Wildman–Crippen LogP) is 2.64. The van der Waals surface area contributed by atoms with Crippen molar-refractivity contribution >= 4 is 5.91 Å². The van der Waals surface area contributed by atoms with Crippen molar-refractivity contribution < 1.29 is 4.79 Å². The summed E-state index contributed by atoms with van der Waals surface area (Å²) in [5.41, 5.74) is 1.57. The van der Waals surface area contributed by atoms with Crippen LogP contribution in [0.15, 0.2) is 30.3 Å². The zero-order valence-electron chi connectivity index (χ0n) is 15.3. The van der Waals surface area contributed by atoms with E-state index in [4.69, 9.17) is 0 Å². The molecular formula is C21H31N3O. The van der Waals surface area contributed by atoms with Gasteiger partial charge in [0, 0.05) is 37.5 Å². The highest BCUT2D eigenvalue weighted by atomic mass is 16.2. The number of rotatable bonds is 3. The minimum Gasteiger partial charge on any atom is -0.338 e. The normalized spacial score (nSPS) is 29.3. The fourth-order valence-corrected chi connectivity index (χ4v) is 5.11. The molecule has 25 heavy (non-hydrogen) atoms. The number of carbonyl (C=O) groups is 1. The van der Waals surface area contributed by atoms with Crippen LogP contribution in [0.3, 0.4) is 0 Å². The van der Waals surface area contributed by atoms with Gasteiger partial charge in [-0.05, 0) is 57.3 Å². The van der Waals surface area contributed by atoms with Crippen LogP contribution in [0.5, 0.6) is 0 Å². The molecule has 1 atom stereocenters. The van der Waals surface area contributed by atoms with E-state index < -0.39 is 0 Å². The molecule has 136 valence electrons. The average Bonchev–Trinajstić information content (AvgIpc) is 2.67. The van der Waals surface area contributed by atoms with Crippen molar-refractivity contribution in [3.05, 3.63) is 35.9 Å². The molecule has 0 radical (unpaired) electrons. The second-order valence-electron chi connectivity index (χ2n) is 8.29. The number of benzene rings is 1. The van der Waals surface area contributed by atoms with E-state index in [2.05, 4.69) is 39.4 Å². The number of piperidine rings is 3. The quantitative estimate of drug-likeness (QED) is 0.918. The standard InChI is InChI=1S/C21H31N3O/c25-20-7-11-21(17-24(20)15-18-5-2-1-3-6-18)10-4-14-23(16-21)19-8-12-22-13-9-19/h1-3,5-6,19,22H,4,7-17H2/t21-/m0/s1. The molecule has 1 N–H and O–H groups in total. The van der Waals surface area contributed by atoms with Crippen LogP contribution in [0.2, 0.25) is 0 Å². The minimum atomic E-state index is 0.325. The molecule has 3 heterocycles. The fourth-order valence-electron chi connectivity index (χ4n) is 5.11. The number of hydrogen-bond acceptors (Lipinski definition) is 3. The monoisotopic (exact) mass is 341 g/mol. The Morgan fingerprint density at radius 1 is 1.08 bits per heavy atom. The summed E-state index contributed by atoms with van der Waals surface area (Å²) in [4.78, 5) is 17.4. The summed E-state index contributed by atoms with van der Waals surface area (Å²) >= 11 is 0. The van der Waals surface area contributed by atoms with Crippen molar-refractivity contribution in [3.8, 4) is 0 Å². The summed E-state index contributed by atoms with van der Waals surface area (Å²) in [5.74, 6) is 0.341. The van der Waals surface area contributed by atoms with Crippen molar-refractivity contribution in [3.63, 3.8) is 0 Å². The van der Waals surface area contributed by atoms with Crippen LogP contribution in [-0.2, 0) is 11.3 Å². The molecule has 3 aliphatic heterocycles. The molecule has 4 rings (SSSR count). The summed E-state index contributed by atoms with van der Waals surface area (Å²) in [6.07, 6.45) is 6.95. The van der Waals surface area contributed by atoms with E-state index in [9.17, 15) is 4.79 Å². The lowest BCUT2D eigenvalue weighted by Crippen LogP contribution is -2.56. The van der Waals surface area contributed by atoms with Gasteiger partial charge in [0.25, 0.3) is 0 Å². The molecular weight excluding hydrogens is 310 g/mol. The molecule has 4 heteroatoms. The van der Waals surface area contributed by atoms with Crippen molar-refractivity contribution in [2.45, 2.75) is 51.1 Å². The topological polar surface area (TPSA) is 35.6 Å².